The van der Waals surface area contributed by atoms with Crippen LogP contribution < -0.4 is 20.7 Å². The van der Waals surface area contributed by atoms with E-state index in [4.69, 9.17) is 32.5 Å². The first kappa shape index (κ1) is 54.5. The summed E-state index contributed by atoms with van der Waals surface area (Å²) in [6, 6.07) is 53.2. The number of hydrogen-bond donors (Lipinski definition) is 1. The Morgan fingerprint density at radius 1 is 0.449 bits per heavy atom. The lowest BCUT2D eigenvalue weighted by molar-refractivity contribution is -0.0826. The lowest BCUT2D eigenvalue weighted by atomic mass is 9.95. The van der Waals surface area contributed by atoms with E-state index in [0.717, 1.165) is 44.9 Å². The number of aliphatic hydroxyl groups excluding tert-OH is 1. The smallest absolute Gasteiger partial charge is 0.261 e. The van der Waals surface area contributed by atoms with Gasteiger partial charge in [-0.25, -0.2) is 0 Å². The molecule has 2 unspecified atom stereocenters. The number of ether oxygens (including phenoxy) is 5. The van der Waals surface area contributed by atoms with Gasteiger partial charge in [0.2, 0.25) is 0 Å². The van der Waals surface area contributed by atoms with Crippen LogP contribution in [0.2, 0.25) is 10.1 Å². The Bertz CT molecular complexity index is 2070. The third-order valence-electron chi connectivity index (χ3n) is 14.0. The van der Waals surface area contributed by atoms with Crippen molar-refractivity contribution in [1.82, 2.24) is 0 Å². The Morgan fingerprint density at radius 2 is 0.783 bits per heavy atom. The molecule has 5 aromatic rings. The van der Waals surface area contributed by atoms with Crippen LogP contribution in [0.5, 0.6) is 0 Å². The van der Waals surface area contributed by atoms with Gasteiger partial charge in [0, 0.05) is 14.2 Å². The summed E-state index contributed by atoms with van der Waals surface area (Å²) in [5.74, 6) is 0. The maximum absolute atomic E-state index is 9.92. The highest BCUT2D eigenvalue weighted by molar-refractivity contribution is 7.00. The van der Waals surface area contributed by atoms with Crippen LogP contribution in [0.15, 0.2) is 152 Å². The molecule has 10 heteroatoms. The summed E-state index contributed by atoms with van der Waals surface area (Å²) in [5.41, 5.74) is 1.22. The molecule has 69 heavy (non-hydrogen) atoms. The van der Waals surface area contributed by atoms with Crippen LogP contribution >= 0.6 is 0 Å². The number of methoxy groups -OCH3 is 2. The third-order valence-corrected chi connectivity index (χ3v) is 24.0. The summed E-state index contributed by atoms with van der Waals surface area (Å²) in [4.78, 5) is 0. The summed E-state index contributed by atoms with van der Waals surface area (Å²) in [5, 5.41) is 14.9. The van der Waals surface area contributed by atoms with E-state index in [9.17, 15) is 5.11 Å². The zero-order chi connectivity index (χ0) is 49.2. The summed E-state index contributed by atoms with van der Waals surface area (Å²) in [6.45, 7) is 16.4. The van der Waals surface area contributed by atoms with Gasteiger partial charge in [0.05, 0.1) is 57.5 Å². The van der Waals surface area contributed by atoms with Crippen LogP contribution in [0.4, 0.5) is 0 Å². The molecule has 0 bridgehead atoms. The predicted molar refractivity (Wildman–Crippen MR) is 286 cm³/mol. The zero-order valence-corrected chi connectivity index (χ0v) is 44.9. The van der Waals surface area contributed by atoms with Gasteiger partial charge < -0.3 is 37.6 Å². The number of rotatable bonds is 21. The van der Waals surface area contributed by atoms with Crippen LogP contribution in [0.3, 0.4) is 0 Å². The molecular formula is C59H82O8Si2. The molecular weight excluding hydrogens is 893 g/mol. The van der Waals surface area contributed by atoms with Gasteiger partial charge in [-0.15, -0.1) is 0 Å². The van der Waals surface area contributed by atoms with Crippen molar-refractivity contribution in [3.8, 4) is 0 Å². The summed E-state index contributed by atoms with van der Waals surface area (Å²) >= 11 is 0. The fraction of sp³-hybridized carbons (Fsp3) is 0.492. The Hall–Kier alpha value is -3.79. The molecule has 6 atom stereocenters. The average Bonchev–Trinajstić information content (AvgIpc) is 3.36. The third kappa shape index (κ3) is 14.9. The lowest BCUT2D eigenvalue weighted by Gasteiger charge is -2.43. The van der Waals surface area contributed by atoms with Gasteiger partial charge in [0.15, 0.2) is 0 Å². The van der Waals surface area contributed by atoms with Crippen molar-refractivity contribution in [2.45, 2.75) is 146 Å². The second kappa shape index (κ2) is 26.6. The van der Waals surface area contributed by atoms with Crippen LogP contribution in [-0.4, -0.2) is 99.0 Å². The molecule has 2 aliphatic carbocycles. The van der Waals surface area contributed by atoms with Crippen molar-refractivity contribution in [2.24, 2.45) is 0 Å². The summed E-state index contributed by atoms with van der Waals surface area (Å²) in [7, 11) is -1.71. The van der Waals surface area contributed by atoms with E-state index in [1.807, 2.05) is 6.07 Å². The maximum atomic E-state index is 9.92. The predicted octanol–water partition coefficient (Wildman–Crippen LogP) is 10.0. The molecule has 0 aromatic heterocycles. The van der Waals surface area contributed by atoms with Crippen LogP contribution in [0, 0.1) is 0 Å². The van der Waals surface area contributed by atoms with Crippen molar-refractivity contribution < 1.29 is 37.6 Å². The molecule has 5 aromatic carbocycles. The van der Waals surface area contributed by atoms with E-state index in [2.05, 4.69) is 187 Å². The molecule has 0 heterocycles. The molecule has 374 valence electrons. The fourth-order valence-corrected chi connectivity index (χ4v) is 19.5. The maximum Gasteiger partial charge on any atom is 0.261 e. The van der Waals surface area contributed by atoms with E-state index in [1.54, 1.807) is 14.2 Å². The standard InChI is InChI=1S/C33H44O4Si.C26H38O4Si/c1-33(2,3)38(31-19-10-6-11-20-31,32-21-12-7-13-22-32)37-26-30(34-4)25-36-29-18-14-17-28(23-29)35-24-27-15-8-5-9-16-27;1-26(2,3)31(24-14-7-5-8-15-24,25-16-9-6-10-17-25)30-20-23(28-4)19-29-22-13-11-12-21(27)18-22/h5-13,15-16,19-22,28-30H,14,17-18,23-26H2,1-4H3;5-10,14-17,21-23,27H,11-13,18-20H2,1-4H3/t28-,29+,30?;21-,22+,23?/m00/s1. The topological polar surface area (TPSA) is 84.8 Å². The average molecular weight is 975 g/mol. The van der Waals surface area contributed by atoms with Crippen LogP contribution in [0.1, 0.15) is 98.5 Å². The Balaban J connectivity index is 0.000000232. The quantitative estimate of drug-likeness (QED) is 0.0729. The highest BCUT2D eigenvalue weighted by Crippen LogP contribution is 2.38. The highest BCUT2D eigenvalue weighted by atomic mass is 28.4. The van der Waals surface area contributed by atoms with Gasteiger partial charge in [0.25, 0.3) is 16.6 Å². The molecule has 1 N–H and O–H groups in total. The van der Waals surface area contributed by atoms with Crippen molar-refractivity contribution in [2.75, 3.05) is 40.6 Å². The minimum absolute atomic E-state index is 0.0671. The highest BCUT2D eigenvalue weighted by Gasteiger charge is 2.51. The Kier molecular flexibility index (Phi) is 21.0. The molecule has 2 saturated carbocycles. The van der Waals surface area contributed by atoms with Crippen molar-refractivity contribution in [1.29, 1.82) is 0 Å². The SMILES string of the molecule is COC(CO[C@@H]1CCC[C@H](O)C1)CO[Si](c1ccccc1)(c1ccccc1)C(C)(C)C.COC(CO[C@@H]1CCC[C@H](OCc2ccccc2)C1)CO[Si](c1ccccc1)(c1ccccc1)C(C)(C)C. The Morgan fingerprint density at radius 3 is 1.13 bits per heavy atom. The van der Waals surface area contributed by atoms with E-state index < -0.39 is 16.6 Å². The molecule has 7 rings (SSSR count). The van der Waals surface area contributed by atoms with Gasteiger partial charge >= 0.3 is 0 Å². The second-order valence-corrected chi connectivity index (χ2v) is 29.6. The van der Waals surface area contributed by atoms with Crippen molar-refractivity contribution >= 4 is 37.4 Å². The van der Waals surface area contributed by atoms with E-state index >= 15 is 0 Å². The summed E-state index contributed by atoms with van der Waals surface area (Å²) < 4.78 is 44.5. The van der Waals surface area contributed by atoms with Crippen LogP contribution in [0.25, 0.3) is 0 Å². The largest absolute Gasteiger partial charge is 0.405 e. The van der Waals surface area contributed by atoms with Gasteiger partial charge in [-0.05, 0) is 87.8 Å². The number of aliphatic hydroxyl groups is 1. The molecule has 2 fully saturated rings. The zero-order valence-electron chi connectivity index (χ0n) is 42.9. The first-order valence-corrected chi connectivity index (χ1v) is 29.2. The second-order valence-electron chi connectivity index (χ2n) is 21.0. The van der Waals surface area contributed by atoms with Gasteiger partial charge in [0.1, 0.15) is 12.2 Å². The molecule has 0 radical (unpaired) electrons. The minimum Gasteiger partial charge on any atom is -0.405 e. The molecule has 0 spiro atoms. The minimum atomic E-state index is -2.61. The first-order chi connectivity index (χ1) is 33.3. The monoisotopic (exact) mass is 975 g/mol. The summed E-state index contributed by atoms with van der Waals surface area (Å²) in [6.07, 6.45) is 7.83. The van der Waals surface area contributed by atoms with E-state index in [-0.39, 0.29) is 46.7 Å². The van der Waals surface area contributed by atoms with Crippen molar-refractivity contribution in [3.05, 3.63) is 157 Å². The first-order valence-electron chi connectivity index (χ1n) is 25.4. The van der Waals surface area contributed by atoms with E-state index in [1.165, 1.54) is 26.3 Å². The molecule has 0 saturated heterocycles. The normalized spacial score (nSPS) is 20.1. The van der Waals surface area contributed by atoms with Gasteiger partial charge in [-0.3, -0.25) is 0 Å². The lowest BCUT2D eigenvalue weighted by Crippen LogP contribution is -2.67. The fourth-order valence-electron chi connectivity index (χ4n) is 10.3. The Labute approximate surface area is 417 Å². The molecule has 2 aliphatic rings. The number of benzene rings is 5. The molecule has 8 nitrogen and oxygen atoms in total. The van der Waals surface area contributed by atoms with Crippen LogP contribution in [-0.2, 0) is 39.1 Å². The van der Waals surface area contributed by atoms with Gasteiger partial charge in [-0.1, -0.05) is 193 Å². The number of hydrogen-bond acceptors (Lipinski definition) is 8. The molecule has 0 aliphatic heterocycles. The van der Waals surface area contributed by atoms with E-state index in [0.29, 0.717) is 39.5 Å². The van der Waals surface area contributed by atoms with Crippen molar-refractivity contribution in [3.63, 3.8) is 0 Å². The van der Waals surface area contributed by atoms with Gasteiger partial charge in [-0.2, -0.15) is 0 Å². The molecule has 0 amide bonds.